The van der Waals surface area contributed by atoms with E-state index in [1.54, 1.807) is 7.11 Å². The fourth-order valence-electron chi connectivity index (χ4n) is 2.83. The summed E-state index contributed by atoms with van der Waals surface area (Å²) in [5.74, 6) is 0.840. The van der Waals surface area contributed by atoms with Crippen molar-refractivity contribution in [2.75, 3.05) is 26.8 Å². The number of aryl methyl sites for hydroxylation is 1. The summed E-state index contributed by atoms with van der Waals surface area (Å²) in [7, 11) is 1.71. The molecule has 26 heavy (non-hydrogen) atoms. The first kappa shape index (κ1) is 20.0. The second-order valence-corrected chi connectivity index (χ2v) is 6.22. The van der Waals surface area contributed by atoms with Gasteiger partial charge in [-0.05, 0) is 32.8 Å². The summed E-state index contributed by atoms with van der Waals surface area (Å²) in [5, 5.41) is 11.3. The van der Waals surface area contributed by atoms with Crippen molar-refractivity contribution >= 4 is 5.96 Å². The number of benzene rings is 1. The van der Waals surface area contributed by atoms with Crippen LogP contribution in [-0.4, -0.2) is 42.5 Å². The molecule has 1 aromatic heterocycles. The Hall–Kier alpha value is -2.34. The molecule has 6 heteroatoms. The van der Waals surface area contributed by atoms with Crippen LogP contribution in [0.3, 0.4) is 0 Å². The minimum atomic E-state index is 0.616. The molecule has 0 aliphatic carbocycles. The van der Waals surface area contributed by atoms with Crippen LogP contribution in [0.15, 0.2) is 35.3 Å². The summed E-state index contributed by atoms with van der Waals surface area (Å²) in [6, 6.07) is 10.5. The van der Waals surface area contributed by atoms with Crippen LogP contribution >= 0.6 is 0 Å². The van der Waals surface area contributed by atoms with Gasteiger partial charge in [-0.25, -0.2) is 4.99 Å². The molecule has 2 aromatic rings. The smallest absolute Gasteiger partial charge is 0.191 e. The van der Waals surface area contributed by atoms with Crippen LogP contribution in [0, 0.1) is 13.8 Å². The van der Waals surface area contributed by atoms with E-state index in [0.717, 1.165) is 43.4 Å². The molecule has 0 spiro atoms. The van der Waals surface area contributed by atoms with E-state index in [0.29, 0.717) is 13.2 Å². The average Bonchev–Trinajstić information content (AvgIpc) is 2.92. The Morgan fingerprint density at radius 2 is 1.96 bits per heavy atom. The van der Waals surface area contributed by atoms with E-state index >= 15 is 0 Å². The molecule has 0 aliphatic heterocycles. The normalized spacial score (nSPS) is 11.6. The maximum atomic E-state index is 5.15. The summed E-state index contributed by atoms with van der Waals surface area (Å²) >= 11 is 0. The molecule has 0 fully saturated rings. The lowest BCUT2D eigenvalue weighted by molar-refractivity contribution is 0.182. The molecule has 142 valence electrons. The number of methoxy groups -OCH3 is 1. The summed E-state index contributed by atoms with van der Waals surface area (Å²) < 4.78 is 7.15. The third kappa shape index (κ3) is 5.88. The van der Waals surface area contributed by atoms with Gasteiger partial charge in [0, 0.05) is 31.5 Å². The third-order valence-corrected chi connectivity index (χ3v) is 4.33. The molecule has 0 saturated carbocycles. The second-order valence-electron chi connectivity index (χ2n) is 6.22. The van der Waals surface area contributed by atoms with Crippen LogP contribution in [0.4, 0.5) is 0 Å². The van der Waals surface area contributed by atoms with Gasteiger partial charge in [0.25, 0.3) is 0 Å². The number of guanidine groups is 1. The van der Waals surface area contributed by atoms with Gasteiger partial charge in [-0.2, -0.15) is 5.10 Å². The number of hydrogen-bond donors (Lipinski definition) is 2. The van der Waals surface area contributed by atoms with Crippen LogP contribution in [0.1, 0.15) is 29.4 Å². The lowest BCUT2D eigenvalue weighted by Crippen LogP contribution is -2.38. The van der Waals surface area contributed by atoms with E-state index in [2.05, 4.69) is 53.8 Å². The Morgan fingerprint density at radius 3 is 2.65 bits per heavy atom. The molecule has 0 amide bonds. The van der Waals surface area contributed by atoms with Crippen LogP contribution in [-0.2, 0) is 24.2 Å². The standard InChI is InChI=1S/C20H31N5O/c1-5-21-20(22-12-11-18-9-7-6-8-10-18)23-15-19-16(2)24-25(17(19)3)13-14-26-4/h6-10H,5,11-15H2,1-4H3,(H2,21,22,23). The van der Waals surface area contributed by atoms with Gasteiger partial charge in [0.2, 0.25) is 0 Å². The predicted molar refractivity (Wildman–Crippen MR) is 107 cm³/mol. The first-order valence-electron chi connectivity index (χ1n) is 9.23. The third-order valence-electron chi connectivity index (χ3n) is 4.33. The van der Waals surface area contributed by atoms with E-state index in [1.165, 1.54) is 11.1 Å². The number of nitrogens with zero attached hydrogens (tertiary/aromatic N) is 3. The van der Waals surface area contributed by atoms with Crippen LogP contribution in [0.25, 0.3) is 0 Å². The summed E-state index contributed by atoms with van der Waals surface area (Å²) in [6.07, 6.45) is 0.970. The highest BCUT2D eigenvalue weighted by molar-refractivity contribution is 5.79. The van der Waals surface area contributed by atoms with Crippen molar-refractivity contribution in [1.82, 2.24) is 20.4 Å². The van der Waals surface area contributed by atoms with Crippen molar-refractivity contribution in [3.63, 3.8) is 0 Å². The first-order chi connectivity index (χ1) is 12.7. The van der Waals surface area contributed by atoms with Gasteiger partial charge in [0.1, 0.15) is 0 Å². The lowest BCUT2D eigenvalue weighted by Gasteiger charge is -2.11. The van der Waals surface area contributed by atoms with Crippen LogP contribution in [0.5, 0.6) is 0 Å². The van der Waals surface area contributed by atoms with E-state index in [4.69, 9.17) is 9.73 Å². The molecule has 0 saturated heterocycles. The Balaban J connectivity index is 1.96. The van der Waals surface area contributed by atoms with Gasteiger partial charge in [0.15, 0.2) is 5.96 Å². The molecule has 2 rings (SSSR count). The van der Waals surface area contributed by atoms with E-state index in [1.807, 2.05) is 17.7 Å². The average molecular weight is 358 g/mol. The zero-order valence-electron chi connectivity index (χ0n) is 16.4. The molecule has 0 atom stereocenters. The molecule has 6 nitrogen and oxygen atoms in total. The maximum Gasteiger partial charge on any atom is 0.191 e. The summed E-state index contributed by atoms with van der Waals surface area (Å²) in [6.45, 7) is 9.94. The van der Waals surface area contributed by atoms with Crippen molar-refractivity contribution in [3.8, 4) is 0 Å². The first-order valence-corrected chi connectivity index (χ1v) is 9.23. The largest absolute Gasteiger partial charge is 0.383 e. The summed E-state index contributed by atoms with van der Waals surface area (Å²) in [5.41, 5.74) is 4.69. The number of aliphatic imine (C=N–C) groups is 1. The second kappa shape index (κ2) is 10.6. The van der Waals surface area contributed by atoms with Crippen molar-refractivity contribution in [2.45, 2.75) is 40.3 Å². The number of nitrogens with one attached hydrogen (secondary N) is 2. The van der Waals surface area contributed by atoms with Crippen molar-refractivity contribution in [2.24, 2.45) is 4.99 Å². The highest BCUT2D eigenvalue weighted by Gasteiger charge is 2.11. The lowest BCUT2D eigenvalue weighted by atomic mass is 10.1. The Bertz CT molecular complexity index is 694. The quantitative estimate of drug-likeness (QED) is 0.534. The maximum absolute atomic E-state index is 5.15. The van der Waals surface area contributed by atoms with E-state index in [-0.39, 0.29) is 0 Å². The molecule has 0 aliphatic rings. The topological polar surface area (TPSA) is 63.5 Å². The molecule has 0 unspecified atom stereocenters. The Kier molecular flexibility index (Phi) is 8.15. The number of aromatic nitrogens is 2. The molecule has 1 aromatic carbocycles. The van der Waals surface area contributed by atoms with Gasteiger partial charge in [0.05, 0.1) is 25.4 Å². The minimum absolute atomic E-state index is 0.616. The van der Waals surface area contributed by atoms with Gasteiger partial charge in [-0.3, -0.25) is 4.68 Å². The van der Waals surface area contributed by atoms with Crippen molar-refractivity contribution < 1.29 is 4.74 Å². The Morgan fingerprint density at radius 1 is 1.19 bits per heavy atom. The number of rotatable bonds is 9. The SMILES string of the molecule is CCNC(=NCc1c(C)nn(CCOC)c1C)NCCc1ccccc1. The number of hydrogen-bond acceptors (Lipinski definition) is 3. The zero-order chi connectivity index (χ0) is 18.8. The van der Waals surface area contributed by atoms with Crippen LogP contribution < -0.4 is 10.6 Å². The summed E-state index contributed by atoms with van der Waals surface area (Å²) in [4.78, 5) is 4.74. The van der Waals surface area contributed by atoms with Gasteiger partial charge in [-0.1, -0.05) is 30.3 Å². The predicted octanol–water partition coefficient (Wildman–Crippen LogP) is 2.44. The van der Waals surface area contributed by atoms with Gasteiger partial charge in [-0.15, -0.1) is 0 Å². The van der Waals surface area contributed by atoms with Gasteiger partial charge < -0.3 is 15.4 Å². The minimum Gasteiger partial charge on any atom is -0.383 e. The molecular formula is C20H31N5O. The highest BCUT2D eigenvalue weighted by Crippen LogP contribution is 2.14. The fraction of sp³-hybridized carbons (Fsp3) is 0.500. The van der Waals surface area contributed by atoms with Crippen molar-refractivity contribution in [3.05, 3.63) is 52.8 Å². The molecule has 0 radical (unpaired) electrons. The van der Waals surface area contributed by atoms with Gasteiger partial charge >= 0.3 is 0 Å². The highest BCUT2D eigenvalue weighted by atomic mass is 16.5. The van der Waals surface area contributed by atoms with E-state index < -0.39 is 0 Å². The monoisotopic (exact) mass is 357 g/mol. The molecular weight excluding hydrogens is 326 g/mol. The molecule has 1 heterocycles. The fourth-order valence-corrected chi connectivity index (χ4v) is 2.83. The molecule has 2 N–H and O–H groups in total. The van der Waals surface area contributed by atoms with Crippen LogP contribution in [0.2, 0.25) is 0 Å². The Labute approximate surface area is 156 Å². The number of ether oxygens (including phenoxy) is 1. The van der Waals surface area contributed by atoms with E-state index in [9.17, 15) is 0 Å². The van der Waals surface area contributed by atoms with Crippen molar-refractivity contribution in [1.29, 1.82) is 0 Å². The molecule has 0 bridgehead atoms. The zero-order valence-corrected chi connectivity index (χ0v) is 16.4.